The standard InChI is InChI=1S/C20H27N7O4S/c1-12(28)18(30)26-4-2-13(3-5-26)14(29)10-16-23-17(15-11-22-19(21)32-15)25-20(24-16)27-6-8-31-9-7-27/h11-13,28H,2-10H2,1H3,(H2,21,22)/t12-/m1/s1. The summed E-state index contributed by atoms with van der Waals surface area (Å²) in [5.41, 5.74) is 5.78. The van der Waals surface area contributed by atoms with E-state index in [9.17, 15) is 14.7 Å². The van der Waals surface area contributed by atoms with Crippen LogP contribution in [0.2, 0.25) is 0 Å². The summed E-state index contributed by atoms with van der Waals surface area (Å²) in [6.07, 6.45) is 1.83. The largest absolute Gasteiger partial charge is 0.384 e. The molecule has 2 fully saturated rings. The van der Waals surface area contributed by atoms with Gasteiger partial charge in [0.05, 0.1) is 30.7 Å². The fourth-order valence-electron chi connectivity index (χ4n) is 3.88. The Balaban J connectivity index is 1.49. The topological polar surface area (TPSA) is 148 Å². The molecule has 0 spiro atoms. The lowest BCUT2D eigenvalue weighted by Crippen LogP contribution is -2.44. The van der Waals surface area contributed by atoms with Crippen LogP contribution in [0.4, 0.5) is 11.1 Å². The molecule has 1 atom stereocenters. The van der Waals surface area contributed by atoms with Crippen molar-refractivity contribution in [2.24, 2.45) is 5.92 Å². The highest BCUT2D eigenvalue weighted by Crippen LogP contribution is 2.27. The first-order valence-electron chi connectivity index (χ1n) is 10.7. The first-order chi connectivity index (χ1) is 15.4. The number of Topliss-reactive ketones (excluding diaryl/α,β-unsaturated/α-hetero) is 1. The number of nitrogen functional groups attached to an aromatic ring is 1. The average molecular weight is 462 g/mol. The first-order valence-corrected chi connectivity index (χ1v) is 11.5. The Morgan fingerprint density at radius 2 is 1.94 bits per heavy atom. The number of aliphatic hydroxyl groups is 1. The highest BCUT2D eigenvalue weighted by Gasteiger charge is 2.29. The van der Waals surface area contributed by atoms with Crippen molar-refractivity contribution in [3.63, 3.8) is 0 Å². The number of thiazole rings is 1. The van der Waals surface area contributed by atoms with Gasteiger partial charge in [0.15, 0.2) is 11.0 Å². The number of nitrogens with zero attached hydrogens (tertiary/aromatic N) is 6. The van der Waals surface area contributed by atoms with Crippen molar-refractivity contribution in [1.29, 1.82) is 0 Å². The van der Waals surface area contributed by atoms with Gasteiger partial charge in [0, 0.05) is 32.1 Å². The van der Waals surface area contributed by atoms with E-state index in [-0.39, 0.29) is 24.0 Å². The molecule has 12 heteroatoms. The number of aliphatic hydroxyl groups excluding tert-OH is 1. The van der Waals surface area contributed by atoms with E-state index in [0.29, 0.717) is 75.0 Å². The Labute approximate surface area is 189 Å². The molecule has 0 saturated carbocycles. The second-order valence-electron chi connectivity index (χ2n) is 7.96. The minimum absolute atomic E-state index is 0.0445. The zero-order valence-electron chi connectivity index (χ0n) is 17.9. The number of carbonyl (C=O) groups is 2. The Kier molecular flexibility index (Phi) is 6.92. The number of nitrogens with two attached hydrogens (primary N) is 1. The van der Waals surface area contributed by atoms with Crippen molar-refractivity contribution >= 4 is 34.1 Å². The van der Waals surface area contributed by atoms with E-state index in [1.54, 1.807) is 11.1 Å². The van der Waals surface area contributed by atoms with Crippen molar-refractivity contribution in [2.75, 3.05) is 50.0 Å². The molecule has 1 amide bonds. The third kappa shape index (κ3) is 5.19. The molecule has 0 radical (unpaired) electrons. The third-order valence-corrected chi connectivity index (χ3v) is 6.48. The van der Waals surface area contributed by atoms with Gasteiger partial charge in [-0.1, -0.05) is 11.3 Å². The van der Waals surface area contributed by atoms with Gasteiger partial charge in [-0.2, -0.15) is 9.97 Å². The lowest BCUT2D eigenvalue weighted by molar-refractivity contribution is -0.142. The van der Waals surface area contributed by atoms with Gasteiger partial charge in [0.1, 0.15) is 17.7 Å². The SMILES string of the molecule is C[C@@H](O)C(=O)N1CCC(C(=O)Cc2nc(-c3cnc(N)s3)nc(N3CCOCC3)n2)CC1. The zero-order chi connectivity index (χ0) is 22.7. The summed E-state index contributed by atoms with van der Waals surface area (Å²) in [4.78, 5) is 47.1. The molecule has 4 heterocycles. The van der Waals surface area contributed by atoms with E-state index in [4.69, 9.17) is 10.5 Å². The number of morpholine rings is 1. The van der Waals surface area contributed by atoms with Crippen LogP contribution in [0, 0.1) is 5.92 Å². The molecular weight excluding hydrogens is 434 g/mol. The van der Waals surface area contributed by atoms with Crippen LogP contribution in [0.15, 0.2) is 6.20 Å². The van der Waals surface area contributed by atoms with Crippen molar-refractivity contribution in [3.8, 4) is 10.7 Å². The molecule has 2 aliphatic heterocycles. The van der Waals surface area contributed by atoms with E-state index in [1.165, 1.54) is 18.3 Å². The van der Waals surface area contributed by atoms with Crippen LogP contribution in [0.3, 0.4) is 0 Å². The molecule has 0 bridgehead atoms. The fourth-order valence-corrected chi connectivity index (χ4v) is 4.50. The van der Waals surface area contributed by atoms with Gasteiger partial charge in [-0.3, -0.25) is 9.59 Å². The summed E-state index contributed by atoms with van der Waals surface area (Å²) < 4.78 is 5.42. The van der Waals surface area contributed by atoms with E-state index in [0.717, 1.165) is 4.88 Å². The summed E-state index contributed by atoms with van der Waals surface area (Å²) >= 11 is 1.28. The molecule has 3 N–H and O–H groups in total. The van der Waals surface area contributed by atoms with Gasteiger partial charge in [-0.15, -0.1) is 0 Å². The predicted molar refractivity (Wildman–Crippen MR) is 118 cm³/mol. The van der Waals surface area contributed by atoms with Crippen molar-refractivity contribution in [1.82, 2.24) is 24.8 Å². The number of amides is 1. The van der Waals surface area contributed by atoms with Crippen LogP contribution in [0.1, 0.15) is 25.6 Å². The quantitative estimate of drug-likeness (QED) is 0.609. The van der Waals surface area contributed by atoms with Crippen LogP contribution in [0.25, 0.3) is 10.7 Å². The van der Waals surface area contributed by atoms with Crippen LogP contribution < -0.4 is 10.6 Å². The molecule has 2 aliphatic rings. The minimum atomic E-state index is -1.02. The Morgan fingerprint density at radius 3 is 2.56 bits per heavy atom. The summed E-state index contributed by atoms with van der Waals surface area (Å²) in [6.45, 7) is 4.89. The van der Waals surface area contributed by atoms with Gasteiger partial charge in [-0.25, -0.2) is 9.97 Å². The number of rotatable bonds is 6. The number of likely N-dealkylation sites (tertiary alicyclic amines) is 1. The molecule has 32 heavy (non-hydrogen) atoms. The number of hydrogen-bond donors (Lipinski definition) is 2. The number of anilines is 2. The van der Waals surface area contributed by atoms with Crippen LogP contribution in [-0.2, 0) is 20.7 Å². The summed E-state index contributed by atoms with van der Waals surface area (Å²) in [6, 6.07) is 0. The maximum absolute atomic E-state index is 13.0. The average Bonchev–Trinajstić information content (AvgIpc) is 3.25. The Bertz CT molecular complexity index is 969. The maximum Gasteiger partial charge on any atom is 0.251 e. The minimum Gasteiger partial charge on any atom is -0.384 e. The molecule has 2 aromatic rings. The molecule has 172 valence electrons. The van der Waals surface area contributed by atoms with E-state index >= 15 is 0 Å². The van der Waals surface area contributed by atoms with E-state index < -0.39 is 6.10 Å². The molecule has 0 aliphatic carbocycles. The highest BCUT2D eigenvalue weighted by atomic mass is 32.1. The zero-order valence-corrected chi connectivity index (χ0v) is 18.8. The van der Waals surface area contributed by atoms with Gasteiger partial charge >= 0.3 is 0 Å². The van der Waals surface area contributed by atoms with Crippen LogP contribution >= 0.6 is 11.3 Å². The van der Waals surface area contributed by atoms with Crippen LogP contribution in [-0.4, -0.2) is 87.1 Å². The van der Waals surface area contributed by atoms with Crippen molar-refractivity contribution in [3.05, 3.63) is 12.0 Å². The molecule has 2 saturated heterocycles. The number of ketones is 1. The van der Waals surface area contributed by atoms with E-state index in [2.05, 4.69) is 19.9 Å². The second-order valence-corrected chi connectivity index (χ2v) is 9.02. The normalized spacial score (nSPS) is 18.6. The van der Waals surface area contributed by atoms with Gasteiger partial charge in [0.2, 0.25) is 5.95 Å². The van der Waals surface area contributed by atoms with Crippen molar-refractivity contribution in [2.45, 2.75) is 32.3 Å². The number of piperidine rings is 1. The molecular formula is C20H27N7O4S. The smallest absolute Gasteiger partial charge is 0.251 e. The molecule has 11 nitrogen and oxygen atoms in total. The Morgan fingerprint density at radius 1 is 1.22 bits per heavy atom. The monoisotopic (exact) mass is 461 g/mol. The lowest BCUT2D eigenvalue weighted by Gasteiger charge is -2.32. The number of aromatic nitrogens is 4. The second kappa shape index (κ2) is 9.84. The molecule has 0 aromatic carbocycles. The predicted octanol–water partition coefficient (Wildman–Crippen LogP) is 0.145. The van der Waals surface area contributed by atoms with E-state index in [1.807, 2.05) is 4.90 Å². The Hall–Kier alpha value is -2.70. The van der Waals surface area contributed by atoms with Gasteiger partial charge < -0.3 is 25.4 Å². The lowest BCUT2D eigenvalue weighted by atomic mass is 9.90. The van der Waals surface area contributed by atoms with Gasteiger partial charge in [-0.05, 0) is 19.8 Å². The summed E-state index contributed by atoms with van der Waals surface area (Å²) in [5.74, 6) is 0.969. The maximum atomic E-state index is 13.0. The van der Waals surface area contributed by atoms with Gasteiger partial charge in [0.25, 0.3) is 5.91 Å². The third-order valence-electron chi connectivity index (χ3n) is 5.66. The molecule has 2 aromatic heterocycles. The van der Waals surface area contributed by atoms with Crippen molar-refractivity contribution < 1.29 is 19.4 Å². The number of carbonyl (C=O) groups excluding carboxylic acids is 2. The summed E-state index contributed by atoms with van der Waals surface area (Å²) in [7, 11) is 0. The number of hydrogen-bond acceptors (Lipinski definition) is 11. The first kappa shape index (κ1) is 22.5. The number of ether oxygens (including phenoxy) is 1. The van der Waals surface area contributed by atoms with Crippen LogP contribution in [0.5, 0.6) is 0 Å². The molecule has 4 rings (SSSR count). The summed E-state index contributed by atoms with van der Waals surface area (Å²) in [5, 5.41) is 9.91. The highest BCUT2D eigenvalue weighted by molar-refractivity contribution is 7.18. The fraction of sp³-hybridized carbons (Fsp3) is 0.600. The molecule has 0 unspecified atom stereocenters.